The quantitative estimate of drug-likeness (QED) is 0.781. The fourth-order valence-corrected chi connectivity index (χ4v) is 1.95. The maximum absolute atomic E-state index is 12.1. The highest BCUT2D eigenvalue weighted by molar-refractivity contribution is 6.09. The number of carbonyl (C=O) groups excluding carboxylic acids is 2. The second kappa shape index (κ2) is 6.04. The van der Waals surface area contributed by atoms with Crippen molar-refractivity contribution >= 4 is 28.6 Å². The van der Waals surface area contributed by atoms with Crippen molar-refractivity contribution in [2.24, 2.45) is 0 Å². The van der Waals surface area contributed by atoms with Crippen LogP contribution in [0.1, 0.15) is 20.7 Å². The Morgan fingerprint density at radius 3 is 2.14 bits per heavy atom. The molecule has 2 rings (SSSR count). The van der Waals surface area contributed by atoms with Crippen LogP contribution in [0.5, 0.6) is 0 Å². The summed E-state index contributed by atoms with van der Waals surface area (Å²) in [4.78, 5) is 34.5. The normalized spacial score (nSPS) is 10.1. The largest absolute Gasteiger partial charge is 0.478 e. The molecule has 0 fully saturated rings. The van der Waals surface area contributed by atoms with Crippen LogP contribution in [-0.4, -0.2) is 36.5 Å². The number of rotatable bonds is 4. The van der Waals surface area contributed by atoms with Gasteiger partial charge in [0.05, 0.1) is 17.7 Å². The van der Waals surface area contributed by atoms with E-state index < -0.39 is 11.9 Å². The van der Waals surface area contributed by atoms with E-state index in [0.29, 0.717) is 0 Å². The van der Waals surface area contributed by atoms with Gasteiger partial charge in [-0.15, -0.1) is 0 Å². The number of carboxylic acid groups (broad SMARTS) is 1. The zero-order valence-electron chi connectivity index (χ0n) is 11.3. The number of hydrogen-bond acceptors (Lipinski definition) is 3. The molecule has 0 bridgehead atoms. The Bertz CT molecular complexity index is 725. The molecule has 0 saturated heterocycles. The summed E-state index contributed by atoms with van der Waals surface area (Å²) < 4.78 is 0. The summed E-state index contributed by atoms with van der Waals surface area (Å²) in [5.74, 6) is -2.14. The van der Waals surface area contributed by atoms with E-state index in [2.05, 4.69) is 10.6 Å². The summed E-state index contributed by atoms with van der Waals surface area (Å²) in [5.41, 5.74) is -0.0618. The van der Waals surface area contributed by atoms with Gasteiger partial charge in [-0.05, 0) is 22.9 Å². The van der Waals surface area contributed by atoms with Crippen LogP contribution in [0, 0.1) is 0 Å². The highest BCUT2D eigenvalue weighted by Gasteiger charge is 2.18. The number of likely N-dealkylation sites (N-methyl/N-ethyl adjacent to an activating group) is 1. The molecule has 6 nitrogen and oxygen atoms in total. The third kappa shape index (κ3) is 3.17. The van der Waals surface area contributed by atoms with Gasteiger partial charge < -0.3 is 15.7 Å². The second-order valence-electron chi connectivity index (χ2n) is 4.41. The summed E-state index contributed by atoms with van der Waals surface area (Å²) in [6.07, 6.45) is 0. The molecule has 2 aromatic carbocycles. The van der Waals surface area contributed by atoms with Gasteiger partial charge >= 0.3 is 5.97 Å². The Labute approximate surface area is 120 Å². The molecule has 2 amide bonds. The predicted molar refractivity (Wildman–Crippen MR) is 77.3 cm³/mol. The molecule has 0 aliphatic carbocycles. The van der Waals surface area contributed by atoms with Gasteiger partial charge in [0.2, 0.25) is 5.91 Å². The first kappa shape index (κ1) is 14.5. The number of amides is 2. The van der Waals surface area contributed by atoms with Gasteiger partial charge in [0, 0.05) is 7.05 Å². The van der Waals surface area contributed by atoms with Gasteiger partial charge in [-0.2, -0.15) is 0 Å². The van der Waals surface area contributed by atoms with Gasteiger partial charge in [-0.1, -0.05) is 24.3 Å². The van der Waals surface area contributed by atoms with E-state index in [1.54, 1.807) is 24.3 Å². The maximum Gasteiger partial charge on any atom is 0.336 e. The van der Waals surface area contributed by atoms with Gasteiger partial charge in [-0.25, -0.2) is 4.79 Å². The lowest BCUT2D eigenvalue weighted by Gasteiger charge is -2.09. The maximum atomic E-state index is 12.1. The molecule has 108 valence electrons. The van der Waals surface area contributed by atoms with Crippen molar-refractivity contribution in [1.82, 2.24) is 10.6 Å². The average Bonchev–Trinajstić information content (AvgIpc) is 2.50. The van der Waals surface area contributed by atoms with Crippen LogP contribution in [0.4, 0.5) is 0 Å². The number of fused-ring (bicyclic) bond motifs is 1. The molecule has 0 unspecified atom stereocenters. The summed E-state index contributed by atoms with van der Waals surface area (Å²) in [5, 5.41) is 15.5. The monoisotopic (exact) mass is 286 g/mol. The Hall–Kier alpha value is -2.89. The summed E-state index contributed by atoms with van der Waals surface area (Å²) in [6, 6.07) is 10.1. The summed E-state index contributed by atoms with van der Waals surface area (Å²) in [7, 11) is 1.45. The van der Waals surface area contributed by atoms with Crippen molar-refractivity contribution in [3.05, 3.63) is 47.5 Å². The molecule has 0 radical (unpaired) electrons. The molecule has 0 heterocycles. The van der Waals surface area contributed by atoms with Crippen molar-refractivity contribution in [2.45, 2.75) is 0 Å². The molecule has 0 atom stereocenters. The first-order chi connectivity index (χ1) is 10.0. The SMILES string of the molecule is CNC(=O)CNC(=O)c1cc2ccccc2cc1C(=O)O. The fraction of sp³-hybridized carbons (Fsp3) is 0.133. The zero-order valence-corrected chi connectivity index (χ0v) is 11.3. The Kier molecular flexibility index (Phi) is 4.18. The molecule has 0 aliphatic rings. The van der Waals surface area contributed by atoms with Gasteiger partial charge in [0.25, 0.3) is 5.91 Å². The van der Waals surface area contributed by atoms with Crippen molar-refractivity contribution in [3.63, 3.8) is 0 Å². The van der Waals surface area contributed by atoms with Gasteiger partial charge in [0.15, 0.2) is 0 Å². The van der Waals surface area contributed by atoms with Crippen molar-refractivity contribution < 1.29 is 19.5 Å². The van der Waals surface area contributed by atoms with Crippen molar-refractivity contribution in [1.29, 1.82) is 0 Å². The lowest BCUT2D eigenvalue weighted by Crippen LogP contribution is -2.35. The zero-order chi connectivity index (χ0) is 15.4. The van der Waals surface area contributed by atoms with E-state index in [-0.39, 0.29) is 23.6 Å². The van der Waals surface area contributed by atoms with Crippen LogP contribution in [0.3, 0.4) is 0 Å². The van der Waals surface area contributed by atoms with Crippen LogP contribution in [-0.2, 0) is 4.79 Å². The van der Waals surface area contributed by atoms with E-state index in [1.165, 1.54) is 19.2 Å². The first-order valence-electron chi connectivity index (χ1n) is 6.28. The second-order valence-corrected chi connectivity index (χ2v) is 4.41. The Morgan fingerprint density at radius 1 is 1.05 bits per heavy atom. The molecule has 0 aromatic heterocycles. The molecule has 3 N–H and O–H groups in total. The number of aromatic carboxylic acids is 1. The molecular formula is C15H14N2O4. The van der Waals surface area contributed by atoms with E-state index >= 15 is 0 Å². The number of carbonyl (C=O) groups is 3. The highest BCUT2D eigenvalue weighted by atomic mass is 16.4. The highest BCUT2D eigenvalue weighted by Crippen LogP contribution is 2.20. The first-order valence-corrected chi connectivity index (χ1v) is 6.28. The van der Waals surface area contributed by atoms with E-state index in [4.69, 9.17) is 0 Å². The molecular weight excluding hydrogens is 272 g/mol. The van der Waals surface area contributed by atoms with Gasteiger partial charge in [-0.3, -0.25) is 9.59 Å². The third-order valence-corrected chi connectivity index (χ3v) is 3.05. The molecule has 0 spiro atoms. The molecule has 21 heavy (non-hydrogen) atoms. The average molecular weight is 286 g/mol. The predicted octanol–water partition coefficient (Wildman–Crippen LogP) is 1.01. The standard InChI is InChI=1S/C15H14N2O4/c1-16-13(18)8-17-14(19)11-6-9-4-2-3-5-10(9)7-12(11)15(20)21/h2-7H,8H2,1H3,(H,16,18)(H,17,19)(H,20,21). The lowest BCUT2D eigenvalue weighted by atomic mass is 10.0. The summed E-state index contributed by atoms with van der Waals surface area (Å²) >= 11 is 0. The number of nitrogens with one attached hydrogen (secondary N) is 2. The van der Waals surface area contributed by atoms with Crippen LogP contribution < -0.4 is 10.6 Å². The Morgan fingerprint density at radius 2 is 1.62 bits per heavy atom. The molecule has 2 aromatic rings. The van der Waals surface area contributed by atoms with E-state index in [1.807, 2.05) is 0 Å². The Balaban J connectivity index is 2.40. The minimum absolute atomic E-state index is 0.0325. The van der Waals surface area contributed by atoms with Crippen LogP contribution in [0.15, 0.2) is 36.4 Å². The topological polar surface area (TPSA) is 95.5 Å². The van der Waals surface area contributed by atoms with Gasteiger partial charge in [0.1, 0.15) is 0 Å². The van der Waals surface area contributed by atoms with Crippen molar-refractivity contribution in [2.75, 3.05) is 13.6 Å². The molecule has 6 heteroatoms. The summed E-state index contributed by atoms with van der Waals surface area (Å²) in [6.45, 7) is -0.207. The smallest absolute Gasteiger partial charge is 0.336 e. The minimum atomic E-state index is -1.19. The number of benzene rings is 2. The van der Waals surface area contributed by atoms with Crippen LogP contribution in [0.25, 0.3) is 10.8 Å². The van der Waals surface area contributed by atoms with Crippen LogP contribution >= 0.6 is 0 Å². The van der Waals surface area contributed by atoms with Crippen LogP contribution in [0.2, 0.25) is 0 Å². The fourth-order valence-electron chi connectivity index (χ4n) is 1.95. The number of hydrogen-bond donors (Lipinski definition) is 3. The third-order valence-electron chi connectivity index (χ3n) is 3.05. The van der Waals surface area contributed by atoms with Crippen molar-refractivity contribution in [3.8, 4) is 0 Å². The van der Waals surface area contributed by atoms with E-state index in [0.717, 1.165) is 10.8 Å². The molecule has 0 saturated carbocycles. The lowest BCUT2D eigenvalue weighted by molar-refractivity contribution is -0.119. The number of carboxylic acids is 1. The molecule has 0 aliphatic heterocycles. The van der Waals surface area contributed by atoms with E-state index in [9.17, 15) is 19.5 Å². The minimum Gasteiger partial charge on any atom is -0.478 e.